The highest BCUT2D eigenvalue weighted by molar-refractivity contribution is 7.89. The molecule has 1 aliphatic heterocycles. The van der Waals surface area contributed by atoms with Crippen LogP contribution >= 0.6 is 0 Å². The summed E-state index contributed by atoms with van der Waals surface area (Å²) in [6, 6.07) is 0.178. The summed E-state index contributed by atoms with van der Waals surface area (Å²) in [6.07, 6.45) is 2.62. The first-order valence-corrected chi connectivity index (χ1v) is 6.40. The molecule has 0 aromatic carbocycles. The molecule has 0 saturated carbocycles. The van der Waals surface area contributed by atoms with E-state index in [9.17, 15) is 8.42 Å². The zero-order chi connectivity index (χ0) is 9.90. The molecule has 1 atom stereocenters. The number of nitrogens with two attached hydrogens (primary N) is 1. The van der Waals surface area contributed by atoms with Crippen LogP contribution in [0.5, 0.6) is 0 Å². The molecule has 5 heteroatoms. The van der Waals surface area contributed by atoms with Gasteiger partial charge in [-0.15, -0.1) is 0 Å². The van der Waals surface area contributed by atoms with Gasteiger partial charge in [0.2, 0.25) is 10.0 Å². The summed E-state index contributed by atoms with van der Waals surface area (Å²) in [5, 5.41) is 0. The number of rotatable bonds is 2. The summed E-state index contributed by atoms with van der Waals surface area (Å²) in [7, 11) is -2.99. The average Bonchev–Trinajstić information content (AvgIpc) is 2.30. The maximum absolute atomic E-state index is 11.5. The molecule has 13 heavy (non-hydrogen) atoms. The van der Waals surface area contributed by atoms with Crippen molar-refractivity contribution >= 4 is 10.0 Å². The Morgan fingerprint density at radius 1 is 1.38 bits per heavy atom. The lowest BCUT2D eigenvalue weighted by Crippen LogP contribution is -2.33. The summed E-state index contributed by atoms with van der Waals surface area (Å²) in [4.78, 5) is 0. The fraction of sp³-hybridized carbons (Fsp3) is 1.00. The van der Waals surface area contributed by atoms with E-state index in [1.165, 1.54) is 0 Å². The van der Waals surface area contributed by atoms with E-state index in [2.05, 4.69) is 0 Å². The van der Waals surface area contributed by atoms with Crippen molar-refractivity contribution < 1.29 is 8.42 Å². The summed E-state index contributed by atoms with van der Waals surface area (Å²) in [5.74, 6) is 0.197. The molecule has 1 saturated heterocycles. The van der Waals surface area contributed by atoms with E-state index in [0.717, 1.165) is 19.3 Å². The molecule has 0 radical (unpaired) electrons. The Morgan fingerprint density at radius 2 is 2.08 bits per heavy atom. The topological polar surface area (TPSA) is 63.4 Å². The third kappa shape index (κ3) is 2.93. The van der Waals surface area contributed by atoms with Gasteiger partial charge in [-0.1, -0.05) is 0 Å². The van der Waals surface area contributed by atoms with E-state index < -0.39 is 10.0 Å². The van der Waals surface area contributed by atoms with Crippen LogP contribution in [0, 0.1) is 0 Å². The second-order valence-corrected chi connectivity index (χ2v) is 5.75. The Kier molecular flexibility index (Phi) is 3.70. The number of sulfonamides is 1. The van der Waals surface area contributed by atoms with Crippen molar-refractivity contribution in [1.82, 2.24) is 4.31 Å². The third-order valence-electron chi connectivity index (χ3n) is 2.49. The smallest absolute Gasteiger partial charge is 0.213 e. The fourth-order valence-electron chi connectivity index (χ4n) is 1.56. The van der Waals surface area contributed by atoms with Crippen LogP contribution in [0.15, 0.2) is 0 Å². The van der Waals surface area contributed by atoms with Crippen LogP contribution < -0.4 is 5.73 Å². The molecule has 0 aromatic heterocycles. The normalized spacial score (nSPS) is 27.1. The van der Waals surface area contributed by atoms with Crippen molar-refractivity contribution in [1.29, 1.82) is 0 Å². The van der Waals surface area contributed by atoms with E-state index in [4.69, 9.17) is 5.73 Å². The lowest BCUT2D eigenvalue weighted by Gasteiger charge is -2.18. The molecular formula is C8H18N2O2S. The van der Waals surface area contributed by atoms with Gasteiger partial charge in [0, 0.05) is 19.1 Å². The number of hydrogen-bond acceptors (Lipinski definition) is 3. The molecule has 0 aliphatic carbocycles. The first-order valence-electron chi connectivity index (χ1n) is 4.79. The van der Waals surface area contributed by atoms with E-state index in [1.807, 2.05) is 0 Å². The zero-order valence-corrected chi connectivity index (χ0v) is 8.89. The molecule has 0 bridgehead atoms. The van der Waals surface area contributed by atoms with Gasteiger partial charge in [0.05, 0.1) is 5.75 Å². The summed E-state index contributed by atoms with van der Waals surface area (Å²) >= 11 is 0. The van der Waals surface area contributed by atoms with Crippen molar-refractivity contribution in [2.45, 2.75) is 32.2 Å². The predicted molar refractivity (Wildman–Crippen MR) is 52.9 cm³/mol. The summed E-state index contributed by atoms with van der Waals surface area (Å²) in [6.45, 7) is 2.92. The van der Waals surface area contributed by atoms with E-state index in [-0.39, 0.29) is 11.8 Å². The second-order valence-electron chi connectivity index (χ2n) is 3.49. The fourth-order valence-corrected chi connectivity index (χ4v) is 2.71. The maximum Gasteiger partial charge on any atom is 0.213 e. The first kappa shape index (κ1) is 10.9. The Bertz CT molecular complexity index is 251. The molecule has 78 valence electrons. The molecule has 0 amide bonds. The van der Waals surface area contributed by atoms with Gasteiger partial charge < -0.3 is 5.73 Å². The largest absolute Gasteiger partial charge is 0.328 e. The standard InChI is InChI=1S/C8H18N2O2S/c1-2-13(11,12)10-6-3-4-8(9)5-7-10/h8H,2-7,9H2,1H3. The molecule has 1 aliphatic rings. The van der Waals surface area contributed by atoms with Gasteiger partial charge in [-0.25, -0.2) is 12.7 Å². The lowest BCUT2D eigenvalue weighted by molar-refractivity contribution is 0.422. The second kappa shape index (κ2) is 4.39. The van der Waals surface area contributed by atoms with E-state index >= 15 is 0 Å². The highest BCUT2D eigenvalue weighted by atomic mass is 32.2. The first-order chi connectivity index (χ1) is 6.06. The van der Waals surface area contributed by atoms with Crippen LogP contribution in [0.25, 0.3) is 0 Å². The van der Waals surface area contributed by atoms with Crippen molar-refractivity contribution in [2.75, 3.05) is 18.8 Å². The molecule has 1 heterocycles. The van der Waals surface area contributed by atoms with Crippen LogP contribution in [0.1, 0.15) is 26.2 Å². The quantitative estimate of drug-likeness (QED) is 0.699. The van der Waals surface area contributed by atoms with Gasteiger partial charge in [0.15, 0.2) is 0 Å². The van der Waals surface area contributed by atoms with Gasteiger partial charge in [0.25, 0.3) is 0 Å². The predicted octanol–water partition coefficient (Wildman–Crippen LogP) is 0.149. The van der Waals surface area contributed by atoms with Crippen LogP contribution in [0.4, 0.5) is 0 Å². The SMILES string of the molecule is CCS(=O)(=O)N1CCCC(N)CC1. The molecule has 4 nitrogen and oxygen atoms in total. The Balaban J connectivity index is 2.61. The Hall–Kier alpha value is -0.130. The van der Waals surface area contributed by atoms with Crippen molar-refractivity contribution in [3.63, 3.8) is 0 Å². The van der Waals surface area contributed by atoms with Crippen molar-refractivity contribution in [3.05, 3.63) is 0 Å². The van der Waals surface area contributed by atoms with Crippen molar-refractivity contribution in [2.24, 2.45) is 5.73 Å². The number of hydrogen-bond donors (Lipinski definition) is 1. The minimum atomic E-state index is -2.99. The van der Waals surface area contributed by atoms with Gasteiger partial charge in [-0.2, -0.15) is 0 Å². The molecule has 2 N–H and O–H groups in total. The van der Waals surface area contributed by atoms with Crippen LogP contribution in [0.2, 0.25) is 0 Å². The van der Waals surface area contributed by atoms with Crippen molar-refractivity contribution in [3.8, 4) is 0 Å². The van der Waals surface area contributed by atoms with Gasteiger partial charge in [-0.05, 0) is 26.2 Å². The molecule has 0 spiro atoms. The van der Waals surface area contributed by atoms with Gasteiger partial charge in [0.1, 0.15) is 0 Å². The monoisotopic (exact) mass is 206 g/mol. The van der Waals surface area contributed by atoms with E-state index in [0.29, 0.717) is 13.1 Å². The van der Waals surface area contributed by atoms with Crippen LogP contribution in [-0.4, -0.2) is 37.6 Å². The van der Waals surface area contributed by atoms with Crippen LogP contribution in [0.3, 0.4) is 0 Å². The minimum Gasteiger partial charge on any atom is -0.328 e. The molecule has 1 fully saturated rings. The maximum atomic E-state index is 11.5. The highest BCUT2D eigenvalue weighted by Gasteiger charge is 2.22. The number of nitrogens with zero attached hydrogens (tertiary/aromatic N) is 1. The molecular weight excluding hydrogens is 188 g/mol. The minimum absolute atomic E-state index is 0.178. The zero-order valence-electron chi connectivity index (χ0n) is 8.07. The van der Waals surface area contributed by atoms with Gasteiger partial charge in [-0.3, -0.25) is 0 Å². The third-order valence-corrected chi connectivity index (χ3v) is 4.37. The van der Waals surface area contributed by atoms with Crippen LogP contribution in [-0.2, 0) is 10.0 Å². The average molecular weight is 206 g/mol. The summed E-state index contributed by atoms with van der Waals surface area (Å²) in [5.41, 5.74) is 5.76. The molecule has 1 unspecified atom stereocenters. The summed E-state index contributed by atoms with van der Waals surface area (Å²) < 4.78 is 24.6. The highest BCUT2D eigenvalue weighted by Crippen LogP contribution is 2.12. The Labute approximate surface area is 80.1 Å². The molecule has 0 aromatic rings. The lowest BCUT2D eigenvalue weighted by atomic mass is 10.1. The Morgan fingerprint density at radius 3 is 2.69 bits per heavy atom. The molecule has 1 rings (SSSR count). The van der Waals surface area contributed by atoms with Gasteiger partial charge >= 0.3 is 0 Å². The van der Waals surface area contributed by atoms with E-state index in [1.54, 1.807) is 11.2 Å².